The van der Waals surface area contributed by atoms with Gasteiger partial charge in [-0.15, -0.1) is 0 Å². The van der Waals surface area contributed by atoms with Crippen LogP contribution in [0, 0.1) is 29.1 Å². The van der Waals surface area contributed by atoms with Gasteiger partial charge < -0.3 is 5.32 Å². The number of ketones is 3. The molecule has 0 aromatic carbocycles. The number of nitrogens with one attached hydrogen (secondary N) is 1. The minimum absolute atomic E-state index is 0.0497. The van der Waals surface area contributed by atoms with Crippen LogP contribution in [0.15, 0.2) is 23.3 Å². The zero-order valence-corrected chi connectivity index (χ0v) is 18.2. The van der Waals surface area contributed by atoms with Crippen LogP contribution in [0.1, 0.15) is 66.7 Å². The average Bonchev–Trinajstić information content (AvgIpc) is 2.93. The minimum Gasteiger partial charge on any atom is -0.352 e. The van der Waals surface area contributed by atoms with Crippen molar-refractivity contribution in [3.63, 3.8) is 0 Å². The highest BCUT2D eigenvalue weighted by Crippen LogP contribution is 2.55. The van der Waals surface area contributed by atoms with Crippen LogP contribution in [0.4, 0.5) is 0 Å². The molecule has 1 saturated heterocycles. The van der Waals surface area contributed by atoms with Crippen LogP contribution in [0.5, 0.6) is 0 Å². The molecule has 1 aliphatic heterocycles. The number of carbonyl (C=O) groups excluding carboxylic acids is 4. The molecule has 2 aliphatic carbocycles. The first-order valence-corrected chi connectivity index (χ1v) is 10.8. The number of amides is 1. The van der Waals surface area contributed by atoms with Gasteiger partial charge in [-0.25, -0.2) is 0 Å². The molecule has 1 spiro atoms. The predicted molar refractivity (Wildman–Crippen MR) is 111 cm³/mol. The number of carbonyl (C=O) groups is 4. The van der Waals surface area contributed by atoms with Crippen LogP contribution in [0.25, 0.3) is 0 Å². The molecule has 5 heteroatoms. The molecule has 158 valence electrons. The third-order valence-electron chi connectivity index (χ3n) is 7.16. The smallest absolute Gasteiger partial charge is 0.235 e. The van der Waals surface area contributed by atoms with E-state index < -0.39 is 17.0 Å². The van der Waals surface area contributed by atoms with E-state index in [0.717, 1.165) is 12.0 Å². The summed E-state index contributed by atoms with van der Waals surface area (Å²) >= 11 is 0. The normalized spacial score (nSPS) is 37.9. The van der Waals surface area contributed by atoms with Gasteiger partial charge in [-0.1, -0.05) is 44.1 Å². The van der Waals surface area contributed by atoms with Gasteiger partial charge in [0.15, 0.2) is 11.6 Å². The van der Waals surface area contributed by atoms with Gasteiger partial charge in [-0.2, -0.15) is 0 Å². The molecule has 0 radical (unpaired) electrons. The van der Waals surface area contributed by atoms with Crippen LogP contribution in [0.2, 0.25) is 0 Å². The fourth-order valence-corrected chi connectivity index (χ4v) is 5.62. The molecule has 5 nitrogen and oxygen atoms in total. The molecule has 3 aliphatic rings. The Morgan fingerprint density at radius 1 is 1.00 bits per heavy atom. The monoisotopic (exact) mass is 399 g/mol. The topological polar surface area (TPSA) is 80.3 Å². The van der Waals surface area contributed by atoms with Crippen molar-refractivity contribution < 1.29 is 19.2 Å². The van der Waals surface area contributed by atoms with E-state index >= 15 is 0 Å². The van der Waals surface area contributed by atoms with Gasteiger partial charge in [-0.3, -0.25) is 19.2 Å². The second-order valence-electron chi connectivity index (χ2n) is 9.61. The van der Waals surface area contributed by atoms with E-state index in [9.17, 15) is 19.2 Å². The second-order valence-corrected chi connectivity index (χ2v) is 9.61. The Balaban J connectivity index is 2.17. The summed E-state index contributed by atoms with van der Waals surface area (Å²) in [7, 11) is 0. The first-order chi connectivity index (χ1) is 13.6. The Labute approximate surface area is 173 Å². The molecular weight excluding hydrogens is 366 g/mol. The van der Waals surface area contributed by atoms with Gasteiger partial charge in [0.05, 0.1) is 0 Å². The Morgan fingerprint density at radius 2 is 1.62 bits per heavy atom. The molecule has 1 amide bonds. The van der Waals surface area contributed by atoms with Crippen molar-refractivity contribution in [2.45, 2.75) is 72.8 Å². The van der Waals surface area contributed by atoms with E-state index in [1.807, 2.05) is 13.0 Å². The highest BCUT2D eigenvalue weighted by atomic mass is 16.2. The van der Waals surface area contributed by atoms with Crippen LogP contribution in [-0.4, -0.2) is 29.3 Å². The molecule has 0 unspecified atom stereocenters. The maximum Gasteiger partial charge on any atom is 0.235 e. The number of Topliss-reactive ketones (excluding diaryl/α,β-unsaturated/α-hetero) is 3. The van der Waals surface area contributed by atoms with E-state index in [1.54, 1.807) is 0 Å². The highest BCUT2D eigenvalue weighted by molar-refractivity contribution is 6.37. The van der Waals surface area contributed by atoms with E-state index in [-0.39, 0.29) is 54.7 Å². The first-order valence-electron chi connectivity index (χ1n) is 10.8. The summed E-state index contributed by atoms with van der Waals surface area (Å²) in [5.74, 6) is -1.31. The van der Waals surface area contributed by atoms with Crippen molar-refractivity contribution in [2.24, 2.45) is 29.1 Å². The number of hydrogen-bond donors (Lipinski definition) is 1. The highest BCUT2D eigenvalue weighted by Gasteiger charge is 2.65. The lowest BCUT2D eigenvalue weighted by Gasteiger charge is -2.45. The molecule has 0 aromatic heterocycles. The van der Waals surface area contributed by atoms with Crippen molar-refractivity contribution in [1.29, 1.82) is 0 Å². The summed E-state index contributed by atoms with van der Waals surface area (Å²) in [6, 6.07) is -0.0660. The SMILES string of the molecule is CC1=C[C@H]2/C=C(\C)CCC(=O)C(=O)CCC(=O)[C@]23C(=O)N[C@@H](CC(C)C)[C@@H]3[C@@H]1C. The summed E-state index contributed by atoms with van der Waals surface area (Å²) in [4.78, 5) is 51.5. The van der Waals surface area contributed by atoms with Crippen molar-refractivity contribution >= 4 is 23.3 Å². The van der Waals surface area contributed by atoms with E-state index in [2.05, 4.69) is 39.1 Å². The predicted octanol–water partition coefficient (Wildman–Crippen LogP) is 3.57. The van der Waals surface area contributed by atoms with Gasteiger partial charge in [-0.05, 0) is 38.5 Å². The molecule has 3 rings (SSSR count). The molecule has 29 heavy (non-hydrogen) atoms. The van der Waals surface area contributed by atoms with Crippen LogP contribution >= 0.6 is 0 Å². The maximum absolute atomic E-state index is 13.7. The fourth-order valence-electron chi connectivity index (χ4n) is 5.62. The molecule has 0 aromatic rings. The first kappa shape index (κ1) is 21.7. The van der Waals surface area contributed by atoms with E-state index in [0.29, 0.717) is 12.3 Å². The molecule has 0 saturated carbocycles. The average molecular weight is 400 g/mol. The van der Waals surface area contributed by atoms with Gasteiger partial charge in [0.1, 0.15) is 11.2 Å². The largest absolute Gasteiger partial charge is 0.352 e. The Hall–Kier alpha value is -2.04. The molecule has 0 bridgehead atoms. The molecular formula is C24H33NO4. The number of rotatable bonds is 2. The van der Waals surface area contributed by atoms with Gasteiger partial charge >= 0.3 is 0 Å². The zero-order chi connectivity index (χ0) is 21.5. The van der Waals surface area contributed by atoms with Crippen molar-refractivity contribution in [3.05, 3.63) is 23.3 Å². The maximum atomic E-state index is 13.7. The lowest BCUT2D eigenvalue weighted by Crippen LogP contribution is -2.52. The summed E-state index contributed by atoms with van der Waals surface area (Å²) in [6.45, 7) is 10.3. The zero-order valence-electron chi connectivity index (χ0n) is 18.2. The fraction of sp³-hybridized carbons (Fsp3) is 0.667. The van der Waals surface area contributed by atoms with Crippen molar-refractivity contribution in [2.75, 3.05) is 0 Å². The van der Waals surface area contributed by atoms with Crippen LogP contribution in [-0.2, 0) is 19.2 Å². The van der Waals surface area contributed by atoms with Crippen molar-refractivity contribution in [3.8, 4) is 0 Å². The van der Waals surface area contributed by atoms with Crippen LogP contribution < -0.4 is 5.32 Å². The Morgan fingerprint density at radius 3 is 2.24 bits per heavy atom. The minimum atomic E-state index is -1.19. The molecule has 1 fully saturated rings. The summed E-state index contributed by atoms with van der Waals surface area (Å²) in [6.07, 6.45) is 5.39. The van der Waals surface area contributed by atoms with E-state index in [4.69, 9.17) is 0 Å². The number of hydrogen-bond acceptors (Lipinski definition) is 4. The van der Waals surface area contributed by atoms with Crippen molar-refractivity contribution in [1.82, 2.24) is 5.32 Å². The lowest BCUT2D eigenvalue weighted by atomic mass is 9.54. The van der Waals surface area contributed by atoms with Gasteiger partial charge in [0, 0.05) is 37.1 Å². The molecule has 1 N–H and O–H groups in total. The van der Waals surface area contributed by atoms with Gasteiger partial charge in [0.2, 0.25) is 5.91 Å². The summed E-state index contributed by atoms with van der Waals surface area (Å²) in [5.41, 5.74) is 0.954. The second kappa shape index (κ2) is 8.00. The van der Waals surface area contributed by atoms with Gasteiger partial charge in [0.25, 0.3) is 0 Å². The lowest BCUT2D eigenvalue weighted by molar-refractivity contribution is -0.146. The quantitative estimate of drug-likeness (QED) is 0.437. The Bertz CT molecular complexity index is 806. The third-order valence-corrected chi connectivity index (χ3v) is 7.16. The molecule has 1 heterocycles. The third kappa shape index (κ3) is 3.64. The molecule has 5 atom stereocenters. The summed E-state index contributed by atoms with van der Waals surface area (Å²) < 4.78 is 0. The summed E-state index contributed by atoms with van der Waals surface area (Å²) in [5, 5.41) is 3.16. The standard InChI is InChI=1S/C24H33NO4/c1-13(2)10-18-22-16(5)15(4)12-17-11-14(3)6-7-19(26)20(27)8-9-21(28)24(17,22)23(29)25-18/h11-13,16-18,22H,6-10H2,1-5H3,(H,25,29)/b14-11+/t16-,17-,18+,22+,24-/m1/s1. The van der Waals surface area contributed by atoms with Crippen LogP contribution in [0.3, 0.4) is 0 Å². The Kier molecular flexibility index (Phi) is 5.98. The van der Waals surface area contributed by atoms with E-state index in [1.165, 1.54) is 5.57 Å². The number of allylic oxidation sites excluding steroid dienone is 4.